The zero-order chi connectivity index (χ0) is 36.5. The minimum Gasteiger partial charge on any atom is -0.455 e. The van der Waals surface area contributed by atoms with Gasteiger partial charge in [0.05, 0.1) is 0 Å². The summed E-state index contributed by atoms with van der Waals surface area (Å²) in [5.74, 6) is 1.55. The van der Waals surface area contributed by atoms with E-state index in [9.17, 15) is 0 Å². The summed E-state index contributed by atoms with van der Waals surface area (Å²) < 4.78 is 9.35. The lowest BCUT2D eigenvalue weighted by atomic mass is 9.96. The number of hydrogen-bond donors (Lipinski definition) is 0. The molecule has 0 spiro atoms. The van der Waals surface area contributed by atoms with Gasteiger partial charge in [0.2, 0.25) is 0 Å². The van der Waals surface area contributed by atoms with Crippen LogP contribution < -0.4 is 0 Å². The lowest BCUT2D eigenvalue weighted by molar-refractivity contribution is 0.383. The van der Waals surface area contributed by atoms with E-state index in [1.54, 1.807) is 0 Å². The molecular weight excluding hydrogens is 691 g/mol. The number of para-hydroxylation sites is 1. The van der Waals surface area contributed by atoms with E-state index < -0.39 is 0 Å². The first-order valence-electron chi connectivity index (χ1n) is 18.6. The summed E-state index contributed by atoms with van der Waals surface area (Å²) in [7, 11) is 2.09. The zero-order valence-corrected chi connectivity index (χ0v) is 30.8. The van der Waals surface area contributed by atoms with Crippen molar-refractivity contribution in [3.8, 4) is 22.3 Å². The molecule has 0 saturated heterocycles. The van der Waals surface area contributed by atoms with Gasteiger partial charge in [0, 0.05) is 60.2 Å². The second-order valence-corrected chi connectivity index (χ2v) is 15.2. The maximum Gasteiger partial charge on any atom is 0.160 e. The largest absolute Gasteiger partial charge is 0.455 e. The van der Waals surface area contributed by atoms with Gasteiger partial charge in [-0.3, -0.25) is 0 Å². The summed E-state index contributed by atoms with van der Waals surface area (Å²) in [5.41, 5.74) is 9.42. The molecule has 0 amide bonds. The highest BCUT2D eigenvalue weighted by Gasteiger charge is 2.29. The maximum absolute atomic E-state index is 6.82. The van der Waals surface area contributed by atoms with Crippen molar-refractivity contribution >= 4 is 75.9 Å². The highest BCUT2D eigenvalue weighted by Crippen LogP contribution is 2.45. The van der Waals surface area contributed by atoms with Gasteiger partial charge in [0.25, 0.3) is 0 Å². The average molecular weight is 724 g/mol. The number of furan rings is 1. The number of amidine groups is 2. The molecule has 0 aliphatic carbocycles. The van der Waals surface area contributed by atoms with E-state index in [1.807, 2.05) is 17.4 Å². The van der Waals surface area contributed by atoms with Crippen LogP contribution in [-0.4, -0.2) is 23.6 Å². The van der Waals surface area contributed by atoms with Crippen molar-refractivity contribution in [1.82, 2.24) is 4.90 Å². The van der Waals surface area contributed by atoms with Crippen molar-refractivity contribution in [2.45, 2.75) is 6.17 Å². The Morgan fingerprint density at radius 2 is 1.22 bits per heavy atom. The van der Waals surface area contributed by atoms with Gasteiger partial charge >= 0.3 is 0 Å². The van der Waals surface area contributed by atoms with E-state index in [0.717, 1.165) is 61.0 Å². The third-order valence-corrected chi connectivity index (χ3v) is 12.1. The van der Waals surface area contributed by atoms with Gasteiger partial charge in [-0.15, -0.1) is 11.3 Å². The van der Waals surface area contributed by atoms with Crippen LogP contribution in [-0.2, 0) is 0 Å². The molecular formula is C50H33N3OS. The number of hydrogen-bond acceptors (Lipinski definition) is 5. The molecule has 55 heavy (non-hydrogen) atoms. The predicted octanol–water partition coefficient (Wildman–Crippen LogP) is 13.3. The van der Waals surface area contributed by atoms with Crippen LogP contribution in [0.4, 0.5) is 0 Å². The summed E-state index contributed by atoms with van der Waals surface area (Å²) in [6.07, 6.45) is -0.278. The number of nitrogens with zero attached hydrogens (tertiary/aromatic N) is 3. The lowest BCUT2D eigenvalue weighted by Gasteiger charge is -2.32. The summed E-state index contributed by atoms with van der Waals surface area (Å²) in [4.78, 5) is 13.0. The maximum atomic E-state index is 6.82. The van der Waals surface area contributed by atoms with Crippen LogP contribution in [0.3, 0.4) is 0 Å². The Labute approximate surface area is 322 Å². The fourth-order valence-electron chi connectivity index (χ4n) is 8.23. The predicted molar refractivity (Wildman–Crippen MR) is 231 cm³/mol. The Hall–Kier alpha value is -6.82. The van der Waals surface area contributed by atoms with Crippen molar-refractivity contribution in [3.63, 3.8) is 0 Å². The average Bonchev–Trinajstić information content (AvgIpc) is 3.83. The molecule has 0 fully saturated rings. The highest BCUT2D eigenvalue weighted by atomic mass is 32.1. The first-order chi connectivity index (χ1) is 27.2. The summed E-state index contributed by atoms with van der Waals surface area (Å²) >= 11 is 1.83. The Balaban J connectivity index is 1.11. The van der Waals surface area contributed by atoms with E-state index in [0.29, 0.717) is 5.84 Å². The monoisotopic (exact) mass is 723 g/mol. The van der Waals surface area contributed by atoms with Crippen LogP contribution in [0.1, 0.15) is 22.9 Å². The van der Waals surface area contributed by atoms with Crippen LogP contribution in [0.15, 0.2) is 190 Å². The molecule has 0 radical (unpaired) electrons. The van der Waals surface area contributed by atoms with Gasteiger partial charge in [0.1, 0.15) is 23.2 Å². The van der Waals surface area contributed by atoms with Crippen LogP contribution in [0.5, 0.6) is 0 Å². The molecule has 1 atom stereocenters. The van der Waals surface area contributed by atoms with Gasteiger partial charge in [0.15, 0.2) is 5.84 Å². The highest BCUT2D eigenvalue weighted by molar-refractivity contribution is 7.26. The minimum atomic E-state index is -0.278. The fraction of sp³-hybridized carbons (Fsp3) is 0.0400. The van der Waals surface area contributed by atoms with Gasteiger partial charge in [-0.1, -0.05) is 140 Å². The first-order valence-corrected chi connectivity index (χ1v) is 19.4. The van der Waals surface area contributed by atoms with Crippen LogP contribution in [0.2, 0.25) is 0 Å². The van der Waals surface area contributed by atoms with E-state index in [2.05, 4.69) is 182 Å². The molecule has 0 saturated carbocycles. The van der Waals surface area contributed by atoms with Gasteiger partial charge in [-0.05, 0) is 63.9 Å². The molecule has 0 bridgehead atoms. The molecule has 5 heteroatoms. The summed E-state index contributed by atoms with van der Waals surface area (Å²) in [6.45, 7) is 0. The topological polar surface area (TPSA) is 41.1 Å². The van der Waals surface area contributed by atoms with Crippen molar-refractivity contribution in [1.29, 1.82) is 0 Å². The quantitative estimate of drug-likeness (QED) is 0.177. The Bertz CT molecular complexity index is 3180. The molecule has 8 aromatic carbocycles. The zero-order valence-electron chi connectivity index (χ0n) is 30.0. The molecule has 4 nitrogen and oxygen atoms in total. The van der Waals surface area contributed by atoms with Crippen LogP contribution >= 0.6 is 11.3 Å². The molecule has 260 valence electrons. The SMILES string of the molecule is CN1C(c2ccc3cc(-c4ccccc4)ccc3c2)=NC(c2ccc(-c3cccc4c3sc3ccccc34)c3oc4ccccc4c23)=NC1c1ccccc1. The van der Waals surface area contributed by atoms with Crippen LogP contribution in [0.25, 0.3) is 75.1 Å². The number of thiophene rings is 1. The molecule has 10 aromatic rings. The number of aliphatic imine (C=N–C) groups is 2. The molecule has 1 aliphatic heterocycles. The minimum absolute atomic E-state index is 0.278. The molecule has 1 unspecified atom stereocenters. The van der Waals surface area contributed by atoms with Gasteiger partial charge in [-0.2, -0.15) is 0 Å². The summed E-state index contributed by atoms with van der Waals surface area (Å²) in [6, 6.07) is 62.4. The van der Waals surface area contributed by atoms with Gasteiger partial charge < -0.3 is 9.32 Å². The first kappa shape index (κ1) is 31.7. The van der Waals surface area contributed by atoms with Crippen molar-refractivity contribution in [3.05, 3.63) is 193 Å². The van der Waals surface area contributed by atoms with Gasteiger partial charge in [-0.25, -0.2) is 9.98 Å². The lowest BCUT2D eigenvalue weighted by Crippen LogP contribution is -2.35. The van der Waals surface area contributed by atoms with Crippen LogP contribution in [0, 0.1) is 0 Å². The molecule has 0 N–H and O–H groups in total. The molecule has 2 aromatic heterocycles. The molecule has 11 rings (SSSR count). The number of benzene rings is 8. The van der Waals surface area contributed by atoms with E-state index in [1.165, 1.54) is 36.7 Å². The smallest absolute Gasteiger partial charge is 0.160 e. The molecule has 1 aliphatic rings. The Kier molecular flexibility index (Phi) is 7.29. The number of rotatable bonds is 5. The van der Waals surface area contributed by atoms with Crippen molar-refractivity contribution < 1.29 is 4.42 Å². The summed E-state index contributed by atoms with van der Waals surface area (Å²) in [5, 5.41) is 6.97. The third-order valence-electron chi connectivity index (χ3n) is 10.9. The van der Waals surface area contributed by atoms with E-state index >= 15 is 0 Å². The Morgan fingerprint density at radius 1 is 0.545 bits per heavy atom. The fourth-order valence-corrected chi connectivity index (χ4v) is 9.46. The van der Waals surface area contributed by atoms with Crippen molar-refractivity contribution in [2.75, 3.05) is 7.05 Å². The second kappa shape index (κ2) is 12.7. The third kappa shape index (κ3) is 5.19. The van der Waals surface area contributed by atoms with E-state index in [-0.39, 0.29) is 6.17 Å². The second-order valence-electron chi connectivity index (χ2n) is 14.2. The normalized spacial score (nSPS) is 14.6. The van der Waals surface area contributed by atoms with Crippen molar-refractivity contribution in [2.24, 2.45) is 9.98 Å². The Morgan fingerprint density at radius 3 is 2.05 bits per heavy atom. The number of fused-ring (bicyclic) bond motifs is 7. The molecule has 3 heterocycles. The van der Waals surface area contributed by atoms with E-state index in [4.69, 9.17) is 14.4 Å². The standard InChI is InChI=1S/C50H33N3OS/c1-53-49(32-15-6-3-7-16-32)51-48(52-50(53)36-26-25-34-29-33(23-24-35(34)30-36)31-13-4-2-5-14-31)42-28-27-38(46-45(42)41-18-8-10-21-43(41)54-46)40-20-12-19-39-37-17-9-11-22-44(37)55-47(39)40/h2-30,49H,1H3.